The van der Waals surface area contributed by atoms with E-state index in [9.17, 15) is 26.4 Å². The number of benzene rings is 1. The largest absolute Gasteiger partial charge is 0.417 e. The van der Waals surface area contributed by atoms with E-state index in [2.05, 4.69) is 0 Å². The molecule has 0 unspecified atom stereocenters. The molecule has 0 atom stereocenters. The van der Waals surface area contributed by atoms with Gasteiger partial charge in [-0.25, -0.2) is 8.42 Å². The Morgan fingerprint density at radius 3 is 2.17 bits per heavy atom. The highest BCUT2D eigenvalue weighted by molar-refractivity contribution is 7.92. The van der Waals surface area contributed by atoms with E-state index in [0.29, 0.717) is 23.5 Å². The van der Waals surface area contributed by atoms with E-state index in [-0.39, 0.29) is 5.69 Å². The van der Waals surface area contributed by atoms with Gasteiger partial charge in [0.1, 0.15) is 6.54 Å². The van der Waals surface area contributed by atoms with Crippen LogP contribution in [0.5, 0.6) is 0 Å². The average Bonchev–Trinajstić information content (AvgIpc) is 2.44. The molecule has 0 N–H and O–H groups in total. The van der Waals surface area contributed by atoms with Crippen LogP contribution in [0, 0.1) is 0 Å². The van der Waals surface area contributed by atoms with Gasteiger partial charge in [0.2, 0.25) is 15.9 Å². The summed E-state index contributed by atoms with van der Waals surface area (Å²) in [7, 11) is -3.96. The van der Waals surface area contributed by atoms with Gasteiger partial charge < -0.3 is 4.90 Å². The third-order valence-corrected chi connectivity index (χ3v) is 4.81. The Morgan fingerprint density at radius 1 is 1.21 bits per heavy atom. The molecule has 5 nitrogen and oxygen atoms in total. The van der Waals surface area contributed by atoms with Gasteiger partial charge in [-0.05, 0) is 32.0 Å². The molecule has 0 fully saturated rings. The number of hydrogen-bond acceptors (Lipinski definition) is 3. The Bertz CT molecular complexity index is 704. The van der Waals surface area contributed by atoms with Crippen LogP contribution in [0.1, 0.15) is 19.4 Å². The van der Waals surface area contributed by atoms with E-state index in [1.165, 1.54) is 4.90 Å². The molecule has 1 aromatic carbocycles. The van der Waals surface area contributed by atoms with Gasteiger partial charge in [-0.15, -0.1) is 0 Å². The van der Waals surface area contributed by atoms with Gasteiger partial charge >= 0.3 is 6.18 Å². The second kappa shape index (κ2) is 7.60. The Hall–Kier alpha value is -1.48. The molecule has 0 saturated carbocycles. The molecule has 0 aliphatic carbocycles. The highest BCUT2D eigenvalue weighted by atomic mass is 35.5. The maximum Gasteiger partial charge on any atom is 0.417 e. The molecule has 0 radical (unpaired) electrons. The molecule has 1 amide bonds. The van der Waals surface area contributed by atoms with Crippen molar-refractivity contribution >= 4 is 33.2 Å². The highest BCUT2D eigenvalue weighted by Crippen LogP contribution is 2.37. The zero-order valence-electron chi connectivity index (χ0n) is 13.4. The normalized spacial score (nSPS) is 12.1. The van der Waals surface area contributed by atoms with Gasteiger partial charge in [-0.2, -0.15) is 13.2 Å². The molecule has 1 aromatic rings. The van der Waals surface area contributed by atoms with E-state index in [4.69, 9.17) is 11.6 Å². The van der Waals surface area contributed by atoms with Crippen molar-refractivity contribution in [3.05, 3.63) is 28.8 Å². The van der Waals surface area contributed by atoms with Gasteiger partial charge in [0, 0.05) is 13.1 Å². The molecule has 0 aromatic heterocycles. The minimum absolute atomic E-state index is 0.269. The van der Waals surface area contributed by atoms with Crippen molar-refractivity contribution in [3.8, 4) is 0 Å². The summed E-state index contributed by atoms with van der Waals surface area (Å²) in [5, 5.41) is -0.547. The van der Waals surface area contributed by atoms with Gasteiger partial charge in [-0.1, -0.05) is 11.6 Å². The third kappa shape index (κ3) is 5.01. The van der Waals surface area contributed by atoms with E-state index in [0.717, 1.165) is 18.4 Å². The first-order chi connectivity index (χ1) is 10.9. The summed E-state index contributed by atoms with van der Waals surface area (Å²) in [6.07, 6.45) is -3.91. The van der Waals surface area contributed by atoms with Gasteiger partial charge in [0.05, 0.1) is 22.5 Å². The third-order valence-electron chi connectivity index (χ3n) is 3.34. The SMILES string of the molecule is CCN(CC)C(=O)CN(c1ccc(Cl)c(C(F)(F)F)c1)S(C)(=O)=O. The van der Waals surface area contributed by atoms with Crippen LogP contribution in [-0.4, -0.2) is 45.1 Å². The van der Waals surface area contributed by atoms with Crippen molar-refractivity contribution in [2.75, 3.05) is 30.2 Å². The number of sulfonamides is 1. The molecule has 0 aliphatic rings. The standard InChI is InChI=1S/C14H18ClF3N2O3S/c1-4-19(5-2)13(21)9-20(24(3,22)23)10-6-7-12(15)11(8-10)14(16,17)18/h6-8H,4-5,9H2,1-3H3. The number of carbonyl (C=O) groups is 1. The average molecular weight is 387 g/mol. The second-order valence-corrected chi connectivity index (χ2v) is 7.31. The fourth-order valence-electron chi connectivity index (χ4n) is 2.08. The number of carbonyl (C=O) groups excluding carboxylic acids is 1. The number of anilines is 1. The Balaban J connectivity index is 3.32. The van der Waals surface area contributed by atoms with Crippen LogP contribution < -0.4 is 4.31 Å². The van der Waals surface area contributed by atoms with Crippen molar-refractivity contribution < 1.29 is 26.4 Å². The van der Waals surface area contributed by atoms with Crippen molar-refractivity contribution in [1.29, 1.82) is 0 Å². The molecule has 0 saturated heterocycles. The van der Waals surface area contributed by atoms with Crippen LogP contribution in [0.15, 0.2) is 18.2 Å². The lowest BCUT2D eigenvalue weighted by Gasteiger charge is -2.26. The maximum absolute atomic E-state index is 13.0. The summed E-state index contributed by atoms with van der Waals surface area (Å²) >= 11 is 5.54. The van der Waals surface area contributed by atoms with Crippen LogP contribution in [-0.2, 0) is 21.0 Å². The maximum atomic E-state index is 13.0. The molecule has 136 valence electrons. The topological polar surface area (TPSA) is 57.7 Å². The molecule has 10 heteroatoms. The Kier molecular flexibility index (Phi) is 6.52. The molecule has 24 heavy (non-hydrogen) atoms. The summed E-state index contributed by atoms with van der Waals surface area (Å²) in [4.78, 5) is 13.5. The minimum Gasteiger partial charge on any atom is -0.342 e. The van der Waals surface area contributed by atoms with E-state index < -0.39 is 39.2 Å². The quantitative estimate of drug-likeness (QED) is 0.755. The molecule has 0 aliphatic heterocycles. The number of amides is 1. The molecule has 0 spiro atoms. The monoisotopic (exact) mass is 386 g/mol. The summed E-state index contributed by atoms with van der Waals surface area (Å²) in [6.45, 7) is 3.58. The lowest BCUT2D eigenvalue weighted by Crippen LogP contribution is -2.42. The van der Waals surface area contributed by atoms with Crippen LogP contribution in [0.4, 0.5) is 18.9 Å². The zero-order valence-corrected chi connectivity index (χ0v) is 15.0. The lowest BCUT2D eigenvalue weighted by molar-refractivity contribution is -0.137. The number of hydrogen-bond donors (Lipinski definition) is 0. The van der Waals surface area contributed by atoms with Crippen LogP contribution >= 0.6 is 11.6 Å². The van der Waals surface area contributed by atoms with E-state index in [1.807, 2.05) is 0 Å². The Labute approximate surface area is 144 Å². The predicted octanol–water partition coefficient (Wildman–Crippen LogP) is 2.99. The van der Waals surface area contributed by atoms with Crippen molar-refractivity contribution in [2.45, 2.75) is 20.0 Å². The number of alkyl halides is 3. The summed E-state index contributed by atoms with van der Waals surface area (Å²) < 4.78 is 63.4. The smallest absolute Gasteiger partial charge is 0.342 e. The van der Waals surface area contributed by atoms with Crippen LogP contribution in [0.3, 0.4) is 0 Å². The minimum atomic E-state index is -4.74. The summed E-state index contributed by atoms with van der Waals surface area (Å²) in [6, 6.07) is 2.72. The first-order valence-electron chi connectivity index (χ1n) is 7.04. The van der Waals surface area contributed by atoms with Crippen LogP contribution in [0.2, 0.25) is 5.02 Å². The number of likely N-dealkylation sites (N-methyl/N-ethyl adjacent to an activating group) is 1. The van der Waals surface area contributed by atoms with Gasteiger partial charge in [0.25, 0.3) is 0 Å². The zero-order chi connectivity index (χ0) is 18.7. The summed E-state index contributed by atoms with van der Waals surface area (Å²) in [5.41, 5.74) is -1.43. The fraction of sp³-hybridized carbons (Fsp3) is 0.500. The predicted molar refractivity (Wildman–Crippen MR) is 86.6 cm³/mol. The van der Waals surface area contributed by atoms with Crippen molar-refractivity contribution in [1.82, 2.24) is 4.90 Å². The molecule has 1 rings (SSSR count). The Morgan fingerprint density at radius 2 is 1.75 bits per heavy atom. The molecule has 0 bridgehead atoms. The summed E-state index contributed by atoms with van der Waals surface area (Å²) in [5.74, 6) is -0.506. The molecular formula is C14H18ClF3N2O3S. The molecule has 0 heterocycles. The van der Waals surface area contributed by atoms with Gasteiger partial charge in [-0.3, -0.25) is 9.10 Å². The lowest BCUT2D eigenvalue weighted by atomic mass is 10.2. The van der Waals surface area contributed by atoms with Crippen molar-refractivity contribution in [2.24, 2.45) is 0 Å². The van der Waals surface area contributed by atoms with E-state index in [1.54, 1.807) is 13.8 Å². The highest BCUT2D eigenvalue weighted by Gasteiger charge is 2.34. The fourth-order valence-corrected chi connectivity index (χ4v) is 3.15. The number of nitrogens with zero attached hydrogens (tertiary/aromatic N) is 2. The number of rotatable bonds is 6. The molecular weight excluding hydrogens is 369 g/mol. The van der Waals surface area contributed by atoms with E-state index >= 15 is 0 Å². The second-order valence-electron chi connectivity index (χ2n) is 5.00. The van der Waals surface area contributed by atoms with Crippen molar-refractivity contribution in [3.63, 3.8) is 0 Å². The first-order valence-corrected chi connectivity index (χ1v) is 9.26. The van der Waals surface area contributed by atoms with Gasteiger partial charge in [0.15, 0.2) is 0 Å². The van der Waals surface area contributed by atoms with Crippen LogP contribution in [0.25, 0.3) is 0 Å². The number of halogens is 4. The first kappa shape index (κ1) is 20.6.